The van der Waals surface area contributed by atoms with Crippen molar-refractivity contribution >= 4 is 17.4 Å². The maximum atomic E-state index is 5.83. The van der Waals surface area contributed by atoms with Crippen LogP contribution >= 0.6 is 11.6 Å². The summed E-state index contributed by atoms with van der Waals surface area (Å²) in [7, 11) is 0. The zero-order valence-electron chi connectivity index (χ0n) is 10.6. The average molecular weight is 254 g/mol. The molecule has 2 heterocycles. The highest BCUT2D eigenvalue weighted by atomic mass is 35.5. The molecular weight excluding hydrogens is 234 g/mol. The maximum Gasteiger partial charge on any atom is 0.224 e. The Hall–Kier alpha value is -0.830. The van der Waals surface area contributed by atoms with Crippen LogP contribution in [0.25, 0.3) is 0 Å². The fourth-order valence-electron chi connectivity index (χ4n) is 2.67. The number of hydrogen-bond acceptors (Lipinski definition) is 3. The predicted molar refractivity (Wildman–Crippen MR) is 71.5 cm³/mol. The first-order valence-corrected chi connectivity index (χ1v) is 6.80. The molecule has 0 saturated carbocycles. The molecule has 0 amide bonds. The lowest BCUT2D eigenvalue weighted by Crippen LogP contribution is -2.40. The van der Waals surface area contributed by atoms with Gasteiger partial charge in [0.2, 0.25) is 5.28 Å². The summed E-state index contributed by atoms with van der Waals surface area (Å²) in [6.45, 7) is 6.77. The zero-order chi connectivity index (χ0) is 12.3. The van der Waals surface area contributed by atoms with E-state index in [2.05, 4.69) is 28.7 Å². The van der Waals surface area contributed by atoms with Crippen LogP contribution in [-0.2, 0) is 0 Å². The Balaban J connectivity index is 2.04. The van der Waals surface area contributed by atoms with Crippen molar-refractivity contribution in [1.82, 2.24) is 9.97 Å². The molecular formula is C13H20ClN3. The Morgan fingerprint density at radius 1 is 1.29 bits per heavy atom. The third-order valence-corrected chi connectivity index (χ3v) is 4.44. The molecule has 1 aliphatic rings. The molecule has 0 N–H and O–H groups in total. The van der Waals surface area contributed by atoms with Gasteiger partial charge in [-0.1, -0.05) is 26.7 Å². The van der Waals surface area contributed by atoms with Gasteiger partial charge in [-0.25, -0.2) is 9.97 Å². The largest absolute Gasteiger partial charge is 0.356 e. The van der Waals surface area contributed by atoms with Crippen molar-refractivity contribution in [2.75, 3.05) is 18.0 Å². The molecule has 0 spiro atoms. The molecule has 1 saturated heterocycles. The van der Waals surface area contributed by atoms with Crippen LogP contribution in [0, 0.1) is 5.41 Å². The first kappa shape index (κ1) is 12.6. The van der Waals surface area contributed by atoms with Gasteiger partial charge in [0, 0.05) is 19.3 Å². The van der Waals surface area contributed by atoms with Gasteiger partial charge < -0.3 is 4.90 Å². The molecule has 1 aromatic rings. The van der Waals surface area contributed by atoms with Crippen LogP contribution in [-0.4, -0.2) is 23.1 Å². The van der Waals surface area contributed by atoms with Crippen LogP contribution in [0.1, 0.15) is 39.5 Å². The number of rotatable bonds is 3. The predicted octanol–water partition coefficient (Wildman–Crippen LogP) is 3.54. The molecule has 0 aromatic carbocycles. The number of anilines is 1. The molecule has 0 atom stereocenters. The highest BCUT2D eigenvalue weighted by Crippen LogP contribution is 2.38. The summed E-state index contributed by atoms with van der Waals surface area (Å²) < 4.78 is 0. The highest BCUT2D eigenvalue weighted by Gasteiger charge is 2.31. The normalized spacial score (nSPS) is 19.4. The number of piperidine rings is 1. The summed E-state index contributed by atoms with van der Waals surface area (Å²) in [4.78, 5) is 10.5. The van der Waals surface area contributed by atoms with Crippen LogP contribution in [0.3, 0.4) is 0 Å². The molecule has 1 fully saturated rings. The molecule has 0 unspecified atom stereocenters. The monoisotopic (exact) mass is 253 g/mol. The van der Waals surface area contributed by atoms with E-state index in [1.807, 2.05) is 6.07 Å². The van der Waals surface area contributed by atoms with Crippen LogP contribution in [0.4, 0.5) is 5.82 Å². The first-order valence-electron chi connectivity index (χ1n) is 6.42. The van der Waals surface area contributed by atoms with Gasteiger partial charge in [0.25, 0.3) is 0 Å². The number of nitrogens with zero attached hydrogens (tertiary/aromatic N) is 3. The lowest BCUT2D eigenvalue weighted by Gasteiger charge is -2.41. The van der Waals surface area contributed by atoms with E-state index in [9.17, 15) is 0 Å². The van der Waals surface area contributed by atoms with Crippen LogP contribution in [0.5, 0.6) is 0 Å². The van der Waals surface area contributed by atoms with Gasteiger partial charge >= 0.3 is 0 Å². The van der Waals surface area contributed by atoms with Crippen molar-refractivity contribution in [2.24, 2.45) is 5.41 Å². The van der Waals surface area contributed by atoms with Gasteiger partial charge in [-0.15, -0.1) is 0 Å². The molecule has 94 valence electrons. The lowest BCUT2D eigenvalue weighted by atomic mass is 9.74. The van der Waals surface area contributed by atoms with Gasteiger partial charge in [0.1, 0.15) is 5.82 Å². The van der Waals surface area contributed by atoms with Gasteiger partial charge in [0.15, 0.2) is 0 Å². The van der Waals surface area contributed by atoms with E-state index in [1.165, 1.54) is 25.7 Å². The van der Waals surface area contributed by atoms with E-state index in [-0.39, 0.29) is 0 Å². The van der Waals surface area contributed by atoms with Crippen molar-refractivity contribution in [1.29, 1.82) is 0 Å². The molecule has 0 aliphatic carbocycles. The molecule has 1 aliphatic heterocycles. The summed E-state index contributed by atoms with van der Waals surface area (Å²) in [5, 5.41) is 0.338. The van der Waals surface area contributed by atoms with E-state index >= 15 is 0 Å². The van der Waals surface area contributed by atoms with Gasteiger partial charge in [-0.3, -0.25) is 0 Å². The van der Waals surface area contributed by atoms with Crippen LogP contribution < -0.4 is 4.90 Å². The second-order valence-electron chi connectivity index (χ2n) is 4.88. The second-order valence-corrected chi connectivity index (χ2v) is 5.22. The standard InChI is InChI=1S/C13H20ClN3/c1-3-13(4-2)6-9-17(10-7-13)11-5-8-15-12(14)16-11/h5,8H,3-4,6-7,9-10H2,1-2H3. The van der Waals surface area contributed by atoms with E-state index in [4.69, 9.17) is 11.6 Å². The number of halogens is 1. The van der Waals surface area contributed by atoms with Crippen molar-refractivity contribution in [2.45, 2.75) is 39.5 Å². The van der Waals surface area contributed by atoms with Crippen molar-refractivity contribution in [3.63, 3.8) is 0 Å². The van der Waals surface area contributed by atoms with E-state index in [1.54, 1.807) is 6.20 Å². The summed E-state index contributed by atoms with van der Waals surface area (Å²) in [5.74, 6) is 0.964. The Kier molecular flexibility index (Phi) is 3.87. The van der Waals surface area contributed by atoms with E-state index in [0.29, 0.717) is 10.7 Å². The zero-order valence-corrected chi connectivity index (χ0v) is 11.4. The fraction of sp³-hybridized carbons (Fsp3) is 0.692. The Morgan fingerprint density at radius 2 is 1.94 bits per heavy atom. The first-order chi connectivity index (χ1) is 8.19. The van der Waals surface area contributed by atoms with Gasteiger partial charge in [-0.05, 0) is 35.9 Å². The Bertz CT molecular complexity index is 367. The third-order valence-electron chi connectivity index (χ3n) is 4.26. The minimum atomic E-state index is 0.338. The second kappa shape index (κ2) is 5.21. The van der Waals surface area contributed by atoms with Crippen molar-refractivity contribution < 1.29 is 0 Å². The molecule has 2 rings (SSSR count). The van der Waals surface area contributed by atoms with Crippen molar-refractivity contribution in [3.8, 4) is 0 Å². The Morgan fingerprint density at radius 3 is 2.47 bits per heavy atom. The van der Waals surface area contributed by atoms with Crippen LogP contribution in [0.2, 0.25) is 5.28 Å². The summed E-state index contributed by atoms with van der Waals surface area (Å²) in [6.07, 6.45) is 6.79. The molecule has 4 heteroatoms. The molecule has 3 nitrogen and oxygen atoms in total. The Labute approximate surface area is 108 Å². The summed E-state index contributed by atoms with van der Waals surface area (Å²) in [5.41, 5.74) is 0.549. The lowest BCUT2D eigenvalue weighted by molar-refractivity contribution is 0.199. The minimum Gasteiger partial charge on any atom is -0.356 e. The SMILES string of the molecule is CCC1(CC)CCN(c2ccnc(Cl)n2)CC1. The van der Waals surface area contributed by atoms with Gasteiger partial charge in [-0.2, -0.15) is 0 Å². The third kappa shape index (κ3) is 2.71. The van der Waals surface area contributed by atoms with E-state index < -0.39 is 0 Å². The smallest absolute Gasteiger partial charge is 0.224 e. The summed E-state index contributed by atoms with van der Waals surface area (Å²) >= 11 is 5.83. The fourth-order valence-corrected chi connectivity index (χ4v) is 2.81. The van der Waals surface area contributed by atoms with Crippen LogP contribution in [0.15, 0.2) is 12.3 Å². The number of hydrogen-bond donors (Lipinski definition) is 0. The van der Waals surface area contributed by atoms with Gasteiger partial charge in [0.05, 0.1) is 0 Å². The minimum absolute atomic E-state index is 0.338. The average Bonchev–Trinajstić information content (AvgIpc) is 2.39. The summed E-state index contributed by atoms with van der Waals surface area (Å²) in [6, 6.07) is 1.94. The topological polar surface area (TPSA) is 29.0 Å². The molecule has 17 heavy (non-hydrogen) atoms. The quantitative estimate of drug-likeness (QED) is 0.772. The van der Waals surface area contributed by atoms with Crippen molar-refractivity contribution in [3.05, 3.63) is 17.5 Å². The number of aromatic nitrogens is 2. The van der Waals surface area contributed by atoms with E-state index in [0.717, 1.165) is 18.9 Å². The molecule has 0 bridgehead atoms. The molecule has 0 radical (unpaired) electrons. The molecule has 1 aromatic heterocycles. The maximum absolute atomic E-state index is 5.83. The highest BCUT2D eigenvalue weighted by molar-refractivity contribution is 6.28.